The molecule has 0 aliphatic heterocycles. The van der Waals surface area contributed by atoms with E-state index in [9.17, 15) is 9.59 Å². The summed E-state index contributed by atoms with van der Waals surface area (Å²) in [6.45, 7) is 12.2. The number of carboxylic acids is 1. The van der Waals surface area contributed by atoms with E-state index in [1.807, 2.05) is 20.8 Å². The van der Waals surface area contributed by atoms with Gasteiger partial charge in [-0.15, -0.1) is 0 Å². The van der Waals surface area contributed by atoms with Crippen molar-refractivity contribution >= 4 is 12.1 Å². The molecular weight excluding hydrogens is 408 g/mol. The minimum atomic E-state index is -1.16. The molecule has 0 saturated heterocycles. The van der Waals surface area contributed by atoms with Crippen LogP contribution >= 0.6 is 0 Å². The number of carboxylic acid groups (broad SMARTS) is 1. The first-order valence-electron chi connectivity index (χ1n) is 12.4. The molecule has 7 heteroatoms. The van der Waals surface area contributed by atoms with Crippen LogP contribution in [0.15, 0.2) is 0 Å². The summed E-state index contributed by atoms with van der Waals surface area (Å²) in [4.78, 5) is 22.8. The second-order valence-electron chi connectivity index (χ2n) is 11.2. The van der Waals surface area contributed by atoms with Crippen molar-refractivity contribution in [2.75, 3.05) is 0 Å². The molecule has 0 bridgehead atoms. The summed E-state index contributed by atoms with van der Waals surface area (Å²) in [5.41, 5.74) is -1.18. The number of aliphatic carboxylic acids is 1. The molecule has 2 aliphatic carbocycles. The number of alkyl carbamates (subject to hydrolysis) is 1. The molecule has 2 aliphatic rings. The van der Waals surface area contributed by atoms with E-state index in [1.165, 1.54) is 64.2 Å². The van der Waals surface area contributed by atoms with Gasteiger partial charge in [0.2, 0.25) is 0 Å². The summed E-state index contributed by atoms with van der Waals surface area (Å²) < 4.78 is 10.6. The van der Waals surface area contributed by atoms with Crippen LogP contribution in [-0.4, -0.2) is 52.6 Å². The molecule has 7 nitrogen and oxygen atoms in total. The molecule has 0 spiro atoms. The summed E-state index contributed by atoms with van der Waals surface area (Å²) >= 11 is 0. The molecule has 2 atom stereocenters. The van der Waals surface area contributed by atoms with Gasteiger partial charge in [-0.2, -0.15) is 0 Å². The SMILES string of the molecule is C1CCC(NC2CCCCC2)CC1.CC(OC(C)(C)C)[C@H](NC(=O)OC(C)(C)C)C(=O)O. The molecule has 0 aromatic rings. The molecule has 1 unspecified atom stereocenters. The number of carbonyl (C=O) groups is 2. The van der Waals surface area contributed by atoms with Crippen molar-refractivity contribution in [3.05, 3.63) is 0 Å². The van der Waals surface area contributed by atoms with Gasteiger partial charge in [-0.25, -0.2) is 9.59 Å². The van der Waals surface area contributed by atoms with Crippen molar-refractivity contribution in [3.8, 4) is 0 Å². The Morgan fingerprint density at radius 3 is 1.59 bits per heavy atom. The van der Waals surface area contributed by atoms with Crippen LogP contribution in [0.1, 0.15) is 113 Å². The quantitative estimate of drug-likeness (QED) is 0.494. The van der Waals surface area contributed by atoms with E-state index in [4.69, 9.17) is 14.6 Å². The number of amides is 1. The van der Waals surface area contributed by atoms with Crippen LogP contribution in [0.2, 0.25) is 0 Å². The molecule has 0 radical (unpaired) electrons. The van der Waals surface area contributed by atoms with Gasteiger partial charge < -0.3 is 25.2 Å². The number of ether oxygens (including phenoxy) is 2. The average Bonchev–Trinajstić information content (AvgIpc) is 2.65. The maximum atomic E-state index is 11.6. The van der Waals surface area contributed by atoms with Crippen LogP contribution in [-0.2, 0) is 14.3 Å². The number of hydrogen-bond acceptors (Lipinski definition) is 5. The Morgan fingerprint density at radius 2 is 1.25 bits per heavy atom. The Bertz CT molecular complexity index is 540. The highest BCUT2D eigenvalue weighted by Gasteiger charge is 2.31. The molecule has 2 saturated carbocycles. The molecule has 1 amide bonds. The number of carbonyl (C=O) groups excluding carboxylic acids is 1. The van der Waals surface area contributed by atoms with Crippen molar-refractivity contribution in [1.29, 1.82) is 0 Å². The Labute approximate surface area is 195 Å². The minimum absolute atomic E-state index is 0.497. The largest absolute Gasteiger partial charge is 0.480 e. The lowest BCUT2D eigenvalue weighted by Crippen LogP contribution is -2.51. The van der Waals surface area contributed by atoms with Gasteiger partial charge in [0, 0.05) is 12.1 Å². The summed E-state index contributed by atoms with van der Waals surface area (Å²) in [7, 11) is 0. The highest BCUT2D eigenvalue weighted by Crippen LogP contribution is 2.22. The van der Waals surface area contributed by atoms with E-state index in [2.05, 4.69) is 10.6 Å². The topological polar surface area (TPSA) is 96.9 Å². The van der Waals surface area contributed by atoms with Gasteiger partial charge in [0.05, 0.1) is 11.7 Å². The molecule has 0 aromatic heterocycles. The first-order valence-corrected chi connectivity index (χ1v) is 12.4. The summed E-state index contributed by atoms with van der Waals surface area (Å²) in [5, 5.41) is 15.3. The van der Waals surface area contributed by atoms with E-state index in [0.717, 1.165) is 12.1 Å². The monoisotopic (exact) mass is 456 g/mol. The van der Waals surface area contributed by atoms with Gasteiger partial charge in [0.15, 0.2) is 6.04 Å². The lowest BCUT2D eigenvalue weighted by atomic mass is 9.91. The van der Waals surface area contributed by atoms with Gasteiger partial charge in [-0.3, -0.25) is 0 Å². The molecule has 2 fully saturated rings. The lowest BCUT2D eigenvalue weighted by molar-refractivity contribution is -0.147. The molecule has 188 valence electrons. The first-order chi connectivity index (χ1) is 14.8. The Kier molecular flexibility index (Phi) is 12.0. The molecule has 0 aromatic carbocycles. The predicted molar refractivity (Wildman–Crippen MR) is 128 cm³/mol. The minimum Gasteiger partial charge on any atom is -0.480 e. The van der Waals surface area contributed by atoms with Crippen LogP contribution in [0, 0.1) is 0 Å². The van der Waals surface area contributed by atoms with Crippen LogP contribution < -0.4 is 10.6 Å². The average molecular weight is 457 g/mol. The predicted octanol–water partition coefficient (Wildman–Crippen LogP) is 5.41. The fourth-order valence-corrected chi connectivity index (χ4v) is 4.31. The van der Waals surface area contributed by atoms with Crippen LogP contribution in [0.3, 0.4) is 0 Å². The van der Waals surface area contributed by atoms with Gasteiger partial charge in [0.1, 0.15) is 5.60 Å². The third-order valence-electron chi connectivity index (χ3n) is 5.63. The zero-order valence-corrected chi connectivity index (χ0v) is 21.5. The van der Waals surface area contributed by atoms with Crippen LogP contribution in [0.25, 0.3) is 0 Å². The van der Waals surface area contributed by atoms with Crippen LogP contribution in [0.5, 0.6) is 0 Å². The van der Waals surface area contributed by atoms with E-state index in [0.29, 0.717) is 0 Å². The second-order valence-corrected chi connectivity index (χ2v) is 11.2. The summed E-state index contributed by atoms with van der Waals surface area (Å²) in [6.07, 6.45) is 13.1. The highest BCUT2D eigenvalue weighted by atomic mass is 16.6. The Balaban J connectivity index is 0.000000339. The third-order valence-corrected chi connectivity index (χ3v) is 5.63. The smallest absolute Gasteiger partial charge is 0.408 e. The van der Waals surface area contributed by atoms with Crippen molar-refractivity contribution < 1.29 is 24.2 Å². The van der Waals surface area contributed by atoms with Crippen molar-refractivity contribution in [3.63, 3.8) is 0 Å². The van der Waals surface area contributed by atoms with Gasteiger partial charge in [0.25, 0.3) is 0 Å². The Morgan fingerprint density at radius 1 is 0.812 bits per heavy atom. The lowest BCUT2D eigenvalue weighted by Gasteiger charge is -2.30. The molecule has 2 rings (SSSR count). The molecule has 32 heavy (non-hydrogen) atoms. The maximum Gasteiger partial charge on any atom is 0.408 e. The number of nitrogens with one attached hydrogen (secondary N) is 2. The number of hydrogen-bond donors (Lipinski definition) is 3. The van der Waals surface area contributed by atoms with E-state index in [-0.39, 0.29) is 0 Å². The summed E-state index contributed by atoms with van der Waals surface area (Å²) in [5.74, 6) is -1.16. The zero-order valence-electron chi connectivity index (χ0n) is 21.5. The zero-order chi connectivity index (χ0) is 24.4. The molecular formula is C25H48N2O5. The third kappa shape index (κ3) is 13.3. The fourth-order valence-electron chi connectivity index (χ4n) is 4.31. The van der Waals surface area contributed by atoms with E-state index < -0.39 is 35.4 Å². The normalized spacial score (nSPS) is 20.5. The van der Waals surface area contributed by atoms with E-state index >= 15 is 0 Å². The highest BCUT2D eigenvalue weighted by molar-refractivity contribution is 5.80. The first kappa shape index (κ1) is 28.7. The van der Waals surface area contributed by atoms with Gasteiger partial charge in [-0.1, -0.05) is 38.5 Å². The standard InChI is InChI=1S/C13H25NO5.C12H23N/c1-8(18-12(2,3)4)9(10(15)16)14-11(17)19-13(5,6)7;1-3-7-11(8-4-1)13-12-9-5-2-6-10-12/h8-9H,1-7H3,(H,14,17)(H,15,16);11-13H,1-10H2/t8?,9-;/m0./s1. The van der Waals surface area contributed by atoms with Gasteiger partial charge >= 0.3 is 12.1 Å². The van der Waals surface area contributed by atoms with Crippen molar-refractivity contribution in [1.82, 2.24) is 10.6 Å². The molecule has 3 N–H and O–H groups in total. The van der Waals surface area contributed by atoms with Gasteiger partial charge in [-0.05, 0) is 74.1 Å². The van der Waals surface area contributed by atoms with Crippen molar-refractivity contribution in [2.45, 2.75) is 148 Å². The molecule has 0 heterocycles. The fraction of sp³-hybridized carbons (Fsp3) is 0.920. The second kappa shape index (κ2) is 13.4. The van der Waals surface area contributed by atoms with E-state index in [1.54, 1.807) is 27.7 Å². The van der Waals surface area contributed by atoms with Crippen LogP contribution in [0.4, 0.5) is 4.79 Å². The number of rotatable bonds is 6. The Hall–Kier alpha value is -1.34. The maximum absolute atomic E-state index is 11.6. The van der Waals surface area contributed by atoms with Crippen molar-refractivity contribution in [2.24, 2.45) is 0 Å². The summed E-state index contributed by atoms with van der Waals surface area (Å²) in [6, 6.07) is 0.586.